The number of amides is 2. The van der Waals surface area contributed by atoms with Crippen molar-refractivity contribution >= 4 is 11.8 Å². The van der Waals surface area contributed by atoms with Crippen molar-refractivity contribution in [3.8, 4) is 11.8 Å². The normalized spacial score (nSPS) is 17.2. The molecule has 0 aromatic heterocycles. The van der Waals surface area contributed by atoms with Crippen LogP contribution in [0.1, 0.15) is 27.9 Å². The second kappa shape index (κ2) is 6.42. The number of likely N-dealkylation sites (tertiary alicyclic amines) is 1. The standard InChI is InChI=1S/C16H18N2O3/c1-11-4-5-12(3-2-8-19)9-14(11)16(21)18-7-6-13(10-18)15(17)20/h4-5,9,13,19H,6-8,10H2,1H3,(H2,17,20). The van der Waals surface area contributed by atoms with E-state index >= 15 is 0 Å². The van der Waals surface area contributed by atoms with Gasteiger partial charge in [-0.15, -0.1) is 0 Å². The maximum atomic E-state index is 12.5. The highest BCUT2D eigenvalue weighted by molar-refractivity contribution is 5.96. The fraction of sp³-hybridized carbons (Fsp3) is 0.375. The lowest BCUT2D eigenvalue weighted by Gasteiger charge is -2.17. The van der Waals surface area contributed by atoms with Crippen LogP contribution >= 0.6 is 0 Å². The molecule has 1 atom stereocenters. The number of carbonyl (C=O) groups excluding carboxylic acids is 2. The Bertz CT molecular complexity index is 628. The van der Waals surface area contributed by atoms with Crippen LogP contribution in [0, 0.1) is 24.7 Å². The van der Waals surface area contributed by atoms with Gasteiger partial charge in [0.05, 0.1) is 5.92 Å². The summed E-state index contributed by atoms with van der Waals surface area (Å²) in [5.41, 5.74) is 7.41. The van der Waals surface area contributed by atoms with E-state index in [0.29, 0.717) is 30.6 Å². The second-order valence-electron chi connectivity index (χ2n) is 5.13. The predicted octanol–water partition coefficient (Wildman–Crippen LogP) is 0.286. The number of rotatable bonds is 2. The summed E-state index contributed by atoms with van der Waals surface area (Å²) in [4.78, 5) is 25.4. The van der Waals surface area contributed by atoms with E-state index in [4.69, 9.17) is 10.8 Å². The Morgan fingerprint density at radius 1 is 1.48 bits per heavy atom. The Hall–Kier alpha value is -2.32. The molecule has 3 N–H and O–H groups in total. The molecule has 110 valence electrons. The summed E-state index contributed by atoms with van der Waals surface area (Å²) < 4.78 is 0. The molecule has 2 rings (SSSR count). The van der Waals surface area contributed by atoms with Crippen LogP contribution in [0.3, 0.4) is 0 Å². The first-order valence-electron chi connectivity index (χ1n) is 6.82. The first-order chi connectivity index (χ1) is 10.0. The Morgan fingerprint density at radius 2 is 2.24 bits per heavy atom. The number of nitrogens with two attached hydrogens (primary N) is 1. The maximum Gasteiger partial charge on any atom is 0.254 e. The van der Waals surface area contributed by atoms with Gasteiger partial charge in [-0.05, 0) is 31.0 Å². The SMILES string of the molecule is Cc1ccc(C#CCO)cc1C(=O)N1CCC(C(N)=O)C1. The highest BCUT2D eigenvalue weighted by atomic mass is 16.2. The number of hydrogen-bond donors (Lipinski definition) is 2. The third-order valence-corrected chi connectivity index (χ3v) is 3.66. The van der Waals surface area contributed by atoms with E-state index in [9.17, 15) is 9.59 Å². The smallest absolute Gasteiger partial charge is 0.254 e. The third-order valence-electron chi connectivity index (χ3n) is 3.66. The minimum absolute atomic E-state index is 0.108. The summed E-state index contributed by atoms with van der Waals surface area (Å²) in [5.74, 6) is 4.63. The zero-order valence-corrected chi connectivity index (χ0v) is 11.9. The molecule has 0 saturated carbocycles. The summed E-state index contributed by atoms with van der Waals surface area (Å²) in [6.45, 7) is 2.56. The molecule has 5 nitrogen and oxygen atoms in total. The fourth-order valence-electron chi connectivity index (χ4n) is 2.42. The average molecular weight is 286 g/mol. The average Bonchev–Trinajstić information content (AvgIpc) is 2.95. The molecule has 5 heteroatoms. The number of aliphatic hydroxyl groups excluding tert-OH is 1. The van der Waals surface area contributed by atoms with Gasteiger partial charge in [0.2, 0.25) is 5.91 Å². The van der Waals surface area contributed by atoms with Crippen molar-refractivity contribution < 1.29 is 14.7 Å². The molecule has 1 aliphatic rings. The van der Waals surface area contributed by atoms with Crippen LogP contribution in [-0.4, -0.2) is 41.5 Å². The molecular formula is C16H18N2O3. The van der Waals surface area contributed by atoms with Crippen molar-refractivity contribution in [3.63, 3.8) is 0 Å². The zero-order valence-electron chi connectivity index (χ0n) is 11.9. The van der Waals surface area contributed by atoms with E-state index in [1.54, 1.807) is 11.0 Å². The van der Waals surface area contributed by atoms with Gasteiger partial charge < -0.3 is 15.7 Å². The van der Waals surface area contributed by atoms with Crippen LogP contribution < -0.4 is 5.73 Å². The lowest BCUT2D eigenvalue weighted by molar-refractivity contribution is -0.121. The van der Waals surface area contributed by atoms with E-state index in [1.807, 2.05) is 19.1 Å². The molecule has 2 amide bonds. The second-order valence-corrected chi connectivity index (χ2v) is 5.13. The van der Waals surface area contributed by atoms with Gasteiger partial charge in [0, 0.05) is 24.2 Å². The van der Waals surface area contributed by atoms with Gasteiger partial charge >= 0.3 is 0 Å². The van der Waals surface area contributed by atoms with E-state index in [-0.39, 0.29) is 24.3 Å². The van der Waals surface area contributed by atoms with Gasteiger partial charge in [0.25, 0.3) is 5.91 Å². The number of primary amides is 1. The van der Waals surface area contributed by atoms with Crippen LogP contribution in [0.4, 0.5) is 0 Å². The fourth-order valence-corrected chi connectivity index (χ4v) is 2.42. The van der Waals surface area contributed by atoms with E-state index in [0.717, 1.165) is 5.56 Å². The van der Waals surface area contributed by atoms with E-state index in [2.05, 4.69) is 11.8 Å². The Kier molecular flexibility index (Phi) is 4.61. The van der Waals surface area contributed by atoms with Crippen LogP contribution in [-0.2, 0) is 4.79 Å². The van der Waals surface area contributed by atoms with Gasteiger partial charge in [-0.25, -0.2) is 0 Å². The lowest BCUT2D eigenvalue weighted by Crippen LogP contribution is -2.32. The van der Waals surface area contributed by atoms with Gasteiger partial charge in [-0.1, -0.05) is 17.9 Å². The molecule has 0 aliphatic carbocycles. The molecule has 1 aromatic carbocycles. The highest BCUT2D eigenvalue weighted by Gasteiger charge is 2.30. The molecular weight excluding hydrogens is 268 g/mol. The zero-order chi connectivity index (χ0) is 15.4. The number of hydrogen-bond acceptors (Lipinski definition) is 3. The summed E-state index contributed by atoms with van der Waals surface area (Å²) in [6, 6.07) is 5.36. The van der Waals surface area contributed by atoms with Crippen LogP contribution in [0.25, 0.3) is 0 Å². The molecule has 1 unspecified atom stereocenters. The number of nitrogens with zero attached hydrogens (tertiary/aromatic N) is 1. The monoisotopic (exact) mass is 286 g/mol. The number of carbonyl (C=O) groups is 2. The molecule has 21 heavy (non-hydrogen) atoms. The number of aliphatic hydroxyl groups is 1. The van der Waals surface area contributed by atoms with Gasteiger partial charge in [0.1, 0.15) is 6.61 Å². The third kappa shape index (κ3) is 3.41. The van der Waals surface area contributed by atoms with E-state index in [1.165, 1.54) is 0 Å². The highest BCUT2D eigenvalue weighted by Crippen LogP contribution is 2.20. The molecule has 1 saturated heterocycles. The summed E-state index contributed by atoms with van der Waals surface area (Å²) in [7, 11) is 0. The van der Waals surface area contributed by atoms with Crippen molar-refractivity contribution in [2.75, 3.05) is 19.7 Å². The Labute approximate surface area is 123 Å². The van der Waals surface area contributed by atoms with Crippen molar-refractivity contribution in [2.45, 2.75) is 13.3 Å². The van der Waals surface area contributed by atoms with Gasteiger partial charge in [-0.3, -0.25) is 9.59 Å². The Morgan fingerprint density at radius 3 is 2.86 bits per heavy atom. The summed E-state index contributed by atoms with van der Waals surface area (Å²) >= 11 is 0. The molecule has 1 heterocycles. The molecule has 0 spiro atoms. The van der Waals surface area contributed by atoms with Gasteiger partial charge in [0.15, 0.2) is 0 Å². The van der Waals surface area contributed by atoms with Crippen LogP contribution in [0.5, 0.6) is 0 Å². The molecule has 1 aromatic rings. The number of aryl methyl sites for hydroxylation is 1. The van der Waals surface area contributed by atoms with Crippen molar-refractivity contribution in [2.24, 2.45) is 11.7 Å². The van der Waals surface area contributed by atoms with Crippen LogP contribution in [0.2, 0.25) is 0 Å². The van der Waals surface area contributed by atoms with E-state index < -0.39 is 0 Å². The minimum Gasteiger partial charge on any atom is -0.384 e. The first-order valence-corrected chi connectivity index (χ1v) is 6.82. The molecule has 0 radical (unpaired) electrons. The Balaban J connectivity index is 2.21. The summed E-state index contributed by atoms with van der Waals surface area (Å²) in [5, 5.41) is 8.72. The quantitative estimate of drug-likeness (QED) is 0.766. The van der Waals surface area contributed by atoms with Gasteiger partial charge in [-0.2, -0.15) is 0 Å². The molecule has 0 bridgehead atoms. The van der Waals surface area contributed by atoms with Crippen molar-refractivity contribution in [1.82, 2.24) is 4.90 Å². The lowest BCUT2D eigenvalue weighted by atomic mass is 10.0. The largest absolute Gasteiger partial charge is 0.384 e. The van der Waals surface area contributed by atoms with Crippen molar-refractivity contribution in [1.29, 1.82) is 0 Å². The minimum atomic E-state index is -0.357. The topological polar surface area (TPSA) is 83.6 Å². The van der Waals surface area contributed by atoms with Crippen molar-refractivity contribution in [3.05, 3.63) is 34.9 Å². The number of benzene rings is 1. The first kappa shape index (κ1) is 15.1. The molecule has 1 aliphatic heterocycles. The predicted molar refractivity (Wildman–Crippen MR) is 78.3 cm³/mol. The van der Waals surface area contributed by atoms with Crippen LogP contribution in [0.15, 0.2) is 18.2 Å². The molecule has 1 fully saturated rings. The maximum absolute atomic E-state index is 12.5. The summed E-state index contributed by atoms with van der Waals surface area (Å²) in [6.07, 6.45) is 0.615.